The number of aryl methyl sites for hydroxylation is 1. The van der Waals surface area contributed by atoms with E-state index in [1.807, 2.05) is 13.8 Å². The van der Waals surface area contributed by atoms with Crippen LogP contribution in [0.2, 0.25) is 0 Å². The third-order valence-electron chi connectivity index (χ3n) is 4.17. The van der Waals surface area contributed by atoms with E-state index in [2.05, 4.69) is 15.5 Å². The summed E-state index contributed by atoms with van der Waals surface area (Å²) in [4.78, 5) is 4.29. The standard InChI is InChI=1S/C14H23N3O3/c1-3-18-12-6-11(7-12)15-8-10-4-5-19-13(10)14-16-9(2)17-20-14/h10-13,15H,3-8H2,1-2H3/t10-,11?,12?,13-/m0/s1. The number of hydrogen-bond acceptors (Lipinski definition) is 6. The van der Waals surface area contributed by atoms with Gasteiger partial charge in [-0.25, -0.2) is 0 Å². The van der Waals surface area contributed by atoms with Crippen LogP contribution in [0.5, 0.6) is 0 Å². The summed E-state index contributed by atoms with van der Waals surface area (Å²) in [5.74, 6) is 1.70. The third-order valence-corrected chi connectivity index (χ3v) is 4.17. The molecule has 20 heavy (non-hydrogen) atoms. The van der Waals surface area contributed by atoms with Crippen molar-refractivity contribution in [1.29, 1.82) is 0 Å². The molecule has 1 saturated carbocycles. The van der Waals surface area contributed by atoms with Crippen LogP contribution in [0.1, 0.15) is 44.0 Å². The van der Waals surface area contributed by atoms with Crippen LogP contribution in [-0.4, -0.2) is 42.0 Å². The molecular formula is C14H23N3O3. The summed E-state index contributed by atoms with van der Waals surface area (Å²) in [5, 5.41) is 7.45. The molecule has 1 aliphatic heterocycles. The first kappa shape index (κ1) is 14.0. The highest BCUT2D eigenvalue weighted by Gasteiger charge is 2.36. The Morgan fingerprint density at radius 2 is 2.25 bits per heavy atom. The molecule has 2 heterocycles. The van der Waals surface area contributed by atoms with Gasteiger partial charge in [0.05, 0.1) is 6.10 Å². The highest BCUT2D eigenvalue weighted by Crippen LogP contribution is 2.33. The lowest BCUT2D eigenvalue weighted by molar-refractivity contribution is -0.0119. The van der Waals surface area contributed by atoms with Crippen molar-refractivity contribution in [3.8, 4) is 0 Å². The quantitative estimate of drug-likeness (QED) is 0.854. The van der Waals surface area contributed by atoms with Crippen LogP contribution in [0.25, 0.3) is 0 Å². The van der Waals surface area contributed by atoms with E-state index in [4.69, 9.17) is 14.0 Å². The fraction of sp³-hybridized carbons (Fsp3) is 0.857. The van der Waals surface area contributed by atoms with E-state index in [1.54, 1.807) is 0 Å². The molecule has 2 atom stereocenters. The topological polar surface area (TPSA) is 69.4 Å². The maximum Gasteiger partial charge on any atom is 0.256 e. The lowest BCUT2D eigenvalue weighted by Gasteiger charge is -2.36. The van der Waals surface area contributed by atoms with E-state index in [0.29, 0.717) is 29.8 Å². The minimum atomic E-state index is -0.0496. The average molecular weight is 281 g/mol. The third kappa shape index (κ3) is 3.02. The van der Waals surface area contributed by atoms with Gasteiger partial charge in [-0.2, -0.15) is 4.98 Å². The van der Waals surface area contributed by atoms with E-state index in [-0.39, 0.29) is 6.10 Å². The molecule has 2 aliphatic rings. The van der Waals surface area contributed by atoms with Gasteiger partial charge in [0.1, 0.15) is 6.10 Å². The maximum absolute atomic E-state index is 5.75. The van der Waals surface area contributed by atoms with Crippen molar-refractivity contribution in [2.24, 2.45) is 5.92 Å². The molecule has 6 nitrogen and oxygen atoms in total. The van der Waals surface area contributed by atoms with Crippen LogP contribution in [0.15, 0.2) is 4.52 Å². The van der Waals surface area contributed by atoms with Crippen LogP contribution in [0.4, 0.5) is 0 Å². The molecule has 1 aliphatic carbocycles. The van der Waals surface area contributed by atoms with Gasteiger partial charge in [0, 0.05) is 31.7 Å². The molecule has 1 aromatic rings. The van der Waals surface area contributed by atoms with Gasteiger partial charge in [0.2, 0.25) is 0 Å². The van der Waals surface area contributed by atoms with Crippen LogP contribution < -0.4 is 5.32 Å². The second kappa shape index (κ2) is 6.20. The number of hydrogen-bond donors (Lipinski definition) is 1. The molecule has 0 amide bonds. The minimum Gasteiger partial charge on any atom is -0.378 e. The van der Waals surface area contributed by atoms with Crippen LogP contribution >= 0.6 is 0 Å². The largest absolute Gasteiger partial charge is 0.378 e. The molecule has 112 valence electrons. The first-order valence-electron chi connectivity index (χ1n) is 7.53. The summed E-state index contributed by atoms with van der Waals surface area (Å²) < 4.78 is 16.6. The monoisotopic (exact) mass is 281 g/mol. The molecule has 1 N–H and O–H groups in total. The second-order valence-corrected chi connectivity index (χ2v) is 5.67. The van der Waals surface area contributed by atoms with Gasteiger partial charge >= 0.3 is 0 Å². The molecule has 2 fully saturated rings. The Labute approximate surface area is 119 Å². The van der Waals surface area contributed by atoms with Gasteiger partial charge in [0.15, 0.2) is 5.82 Å². The molecule has 0 aromatic carbocycles. The van der Waals surface area contributed by atoms with E-state index < -0.39 is 0 Å². The Morgan fingerprint density at radius 3 is 2.95 bits per heavy atom. The Kier molecular flexibility index (Phi) is 4.33. The van der Waals surface area contributed by atoms with Gasteiger partial charge in [-0.1, -0.05) is 5.16 Å². The van der Waals surface area contributed by atoms with Crippen molar-refractivity contribution in [3.05, 3.63) is 11.7 Å². The van der Waals surface area contributed by atoms with Crippen LogP contribution in [0, 0.1) is 12.8 Å². The fourth-order valence-electron chi connectivity index (χ4n) is 2.97. The molecule has 6 heteroatoms. The number of nitrogens with one attached hydrogen (secondary N) is 1. The van der Waals surface area contributed by atoms with Gasteiger partial charge in [0.25, 0.3) is 5.89 Å². The first-order valence-corrected chi connectivity index (χ1v) is 7.53. The zero-order valence-electron chi connectivity index (χ0n) is 12.2. The Morgan fingerprint density at radius 1 is 1.40 bits per heavy atom. The van der Waals surface area contributed by atoms with Crippen molar-refractivity contribution >= 4 is 0 Å². The highest BCUT2D eigenvalue weighted by atomic mass is 16.5. The average Bonchev–Trinajstić information content (AvgIpc) is 3.00. The Bertz CT molecular complexity index is 431. The number of rotatable bonds is 6. The summed E-state index contributed by atoms with van der Waals surface area (Å²) in [7, 11) is 0. The van der Waals surface area contributed by atoms with Crippen molar-refractivity contribution in [1.82, 2.24) is 15.5 Å². The molecule has 1 aromatic heterocycles. The molecule has 1 saturated heterocycles. The fourth-order valence-corrected chi connectivity index (χ4v) is 2.97. The predicted molar refractivity (Wildman–Crippen MR) is 72.3 cm³/mol. The van der Waals surface area contributed by atoms with E-state index in [0.717, 1.165) is 39.0 Å². The van der Waals surface area contributed by atoms with E-state index >= 15 is 0 Å². The Balaban J connectivity index is 1.45. The SMILES string of the molecule is CCOC1CC(NC[C@@H]2CCO[C@@H]2c2nc(C)no2)C1. The summed E-state index contributed by atoms with van der Waals surface area (Å²) in [6.07, 6.45) is 3.68. The summed E-state index contributed by atoms with van der Waals surface area (Å²) in [5.41, 5.74) is 0. The zero-order valence-corrected chi connectivity index (χ0v) is 12.2. The molecule has 0 unspecified atom stereocenters. The predicted octanol–water partition coefficient (Wildman–Crippen LogP) is 1.61. The van der Waals surface area contributed by atoms with Gasteiger partial charge in [-0.05, 0) is 33.1 Å². The summed E-state index contributed by atoms with van der Waals surface area (Å²) >= 11 is 0. The normalized spacial score (nSPS) is 33.3. The van der Waals surface area contributed by atoms with Crippen LogP contribution in [-0.2, 0) is 9.47 Å². The summed E-state index contributed by atoms with van der Waals surface area (Å²) in [6.45, 7) is 6.40. The molecule has 3 rings (SSSR count). The molecule has 0 bridgehead atoms. The van der Waals surface area contributed by atoms with Crippen molar-refractivity contribution in [2.45, 2.75) is 51.4 Å². The number of nitrogens with zero attached hydrogens (tertiary/aromatic N) is 2. The van der Waals surface area contributed by atoms with Crippen molar-refractivity contribution in [3.63, 3.8) is 0 Å². The highest BCUT2D eigenvalue weighted by molar-refractivity contribution is 4.95. The maximum atomic E-state index is 5.75. The lowest BCUT2D eigenvalue weighted by atomic mass is 9.88. The van der Waals surface area contributed by atoms with E-state index in [9.17, 15) is 0 Å². The minimum absolute atomic E-state index is 0.0496. The van der Waals surface area contributed by atoms with Crippen molar-refractivity contribution < 1.29 is 14.0 Å². The van der Waals surface area contributed by atoms with Crippen LogP contribution in [0.3, 0.4) is 0 Å². The first-order chi connectivity index (χ1) is 9.76. The van der Waals surface area contributed by atoms with Gasteiger partial charge in [-0.3, -0.25) is 0 Å². The van der Waals surface area contributed by atoms with Crippen molar-refractivity contribution in [2.75, 3.05) is 19.8 Å². The lowest BCUT2D eigenvalue weighted by Crippen LogP contribution is -2.47. The molecular weight excluding hydrogens is 258 g/mol. The number of ether oxygens (including phenoxy) is 2. The summed E-state index contributed by atoms with van der Waals surface area (Å²) in [6, 6.07) is 0.581. The zero-order chi connectivity index (χ0) is 13.9. The van der Waals surface area contributed by atoms with Gasteiger partial charge < -0.3 is 19.3 Å². The van der Waals surface area contributed by atoms with Gasteiger partial charge in [-0.15, -0.1) is 0 Å². The molecule has 0 spiro atoms. The smallest absolute Gasteiger partial charge is 0.256 e. The van der Waals surface area contributed by atoms with E-state index in [1.165, 1.54) is 0 Å². The second-order valence-electron chi connectivity index (χ2n) is 5.67. The Hall–Kier alpha value is -0.980. The number of aromatic nitrogens is 2. The molecule has 0 radical (unpaired) electrons.